The molecule has 3 aromatic carbocycles. The Bertz CT molecular complexity index is 2120. The molecule has 3 N–H and O–H groups in total. The molecule has 3 atom stereocenters. The van der Waals surface area contributed by atoms with Crippen molar-refractivity contribution in [3.63, 3.8) is 0 Å². The van der Waals surface area contributed by atoms with Crippen molar-refractivity contribution in [2.24, 2.45) is 0 Å². The Hall–Kier alpha value is -5.10. The van der Waals surface area contributed by atoms with Crippen LogP contribution in [0.2, 0.25) is 0 Å². The molecule has 4 aliphatic rings. The number of rotatable bonds is 5. The topological polar surface area (TPSA) is 103 Å². The molecule has 3 saturated heterocycles. The first kappa shape index (κ1) is 29.3. The Morgan fingerprint density at radius 1 is 1.13 bits per heavy atom. The molecule has 1 aromatic heterocycles. The molecule has 47 heavy (non-hydrogen) atoms. The van der Waals surface area contributed by atoms with Crippen molar-refractivity contribution in [3.05, 3.63) is 77.1 Å². The second-order valence-electron chi connectivity index (χ2n) is 12.8. The van der Waals surface area contributed by atoms with Gasteiger partial charge in [-0.1, -0.05) is 24.1 Å². The third kappa shape index (κ3) is 4.77. The number of nitrogens with one attached hydrogen (secondary N) is 1. The molecule has 4 aromatic rings. The number of hydrogen-bond donors (Lipinski definition) is 2. The predicted octanol–water partition coefficient (Wildman–Crippen LogP) is 5.21. The van der Waals surface area contributed by atoms with Crippen LogP contribution >= 0.6 is 0 Å². The summed E-state index contributed by atoms with van der Waals surface area (Å²) in [5.74, 6) is 0.180. The van der Waals surface area contributed by atoms with E-state index in [1.807, 2.05) is 4.90 Å². The summed E-state index contributed by atoms with van der Waals surface area (Å²) < 4.78 is 54.4. The van der Waals surface area contributed by atoms with Crippen LogP contribution in [-0.4, -0.2) is 65.3 Å². The first-order valence-electron chi connectivity index (χ1n) is 15.6. The third-order valence-electron chi connectivity index (χ3n) is 9.91. The van der Waals surface area contributed by atoms with Crippen molar-refractivity contribution in [3.8, 4) is 35.6 Å². The molecular formula is C36H30F3N7O. The number of benzene rings is 3. The monoisotopic (exact) mass is 633 g/mol. The SMILES string of the molecule is C#Cc1c(F)ccc2cc(N)cc(-c3c(F)cc4c(N5CC6C=CC(C5)N6)nc(OC[C@@]56CCCN5C/C(=C\C#N)C6)nc4c3F)c12. The molecule has 2 unspecified atom stereocenters. The predicted molar refractivity (Wildman–Crippen MR) is 174 cm³/mol. The lowest BCUT2D eigenvalue weighted by molar-refractivity contribution is 0.108. The van der Waals surface area contributed by atoms with Crippen LogP contribution < -0.4 is 20.7 Å². The van der Waals surface area contributed by atoms with Gasteiger partial charge in [0.05, 0.1) is 22.7 Å². The van der Waals surface area contributed by atoms with Gasteiger partial charge in [0.25, 0.3) is 0 Å². The minimum absolute atomic E-state index is 0.0275. The number of ether oxygens (including phenoxy) is 1. The number of nitrogens with zero attached hydrogens (tertiary/aromatic N) is 5. The summed E-state index contributed by atoms with van der Waals surface area (Å²) in [5.41, 5.74) is 6.49. The van der Waals surface area contributed by atoms with Gasteiger partial charge in [-0.3, -0.25) is 4.90 Å². The van der Waals surface area contributed by atoms with E-state index >= 15 is 8.78 Å². The van der Waals surface area contributed by atoms with Crippen LogP contribution in [0, 0.1) is 41.1 Å². The number of terminal acetylenes is 1. The van der Waals surface area contributed by atoms with Crippen LogP contribution in [0.25, 0.3) is 32.8 Å². The largest absolute Gasteiger partial charge is 0.461 e. The van der Waals surface area contributed by atoms with Crippen molar-refractivity contribution < 1.29 is 17.9 Å². The van der Waals surface area contributed by atoms with Gasteiger partial charge in [0.15, 0.2) is 5.82 Å². The third-order valence-corrected chi connectivity index (χ3v) is 9.91. The molecule has 0 radical (unpaired) electrons. The molecule has 8 rings (SSSR count). The molecule has 8 nitrogen and oxygen atoms in total. The molecule has 5 heterocycles. The highest BCUT2D eigenvalue weighted by molar-refractivity contribution is 6.05. The van der Waals surface area contributed by atoms with E-state index in [0.29, 0.717) is 37.3 Å². The van der Waals surface area contributed by atoms with Gasteiger partial charge < -0.3 is 20.7 Å². The number of nitrogen functional groups attached to an aromatic ring is 1. The second kappa shape index (κ2) is 11.0. The second-order valence-corrected chi connectivity index (χ2v) is 12.8. The van der Waals surface area contributed by atoms with E-state index < -0.39 is 23.0 Å². The average molecular weight is 634 g/mol. The zero-order valence-electron chi connectivity index (χ0n) is 25.4. The lowest BCUT2D eigenvalue weighted by Crippen LogP contribution is -2.52. The van der Waals surface area contributed by atoms with Gasteiger partial charge in [-0.2, -0.15) is 15.2 Å². The fourth-order valence-corrected chi connectivity index (χ4v) is 7.88. The molecule has 3 fully saturated rings. The van der Waals surface area contributed by atoms with Gasteiger partial charge in [-0.15, -0.1) is 6.42 Å². The summed E-state index contributed by atoms with van der Waals surface area (Å²) in [6, 6.07) is 9.12. The van der Waals surface area contributed by atoms with E-state index in [9.17, 15) is 9.65 Å². The van der Waals surface area contributed by atoms with Crippen LogP contribution in [0.4, 0.5) is 24.7 Å². The molecule has 0 amide bonds. The maximum Gasteiger partial charge on any atom is 0.319 e. The van der Waals surface area contributed by atoms with Crippen LogP contribution in [0.1, 0.15) is 24.8 Å². The van der Waals surface area contributed by atoms with Gasteiger partial charge in [0.1, 0.15) is 29.6 Å². The van der Waals surface area contributed by atoms with E-state index in [1.54, 1.807) is 12.1 Å². The molecular weight excluding hydrogens is 603 g/mol. The molecule has 0 spiro atoms. The minimum atomic E-state index is -0.954. The summed E-state index contributed by atoms with van der Waals surface area (Å²) in [6.07, 6.45) is 14.0. The lowest BCUT2D eigenvalue weighted by atomic mass is 9.92. The van der Waals surface area contributed by atoms with E-state index in [2.05, 4.69) is 39.3 Å². The number of nitriles is 1. The van der Waals surface area contributed by atoms with Crippen molar-refractivity contribution >= 4 is 33.2 Å². The summed E-state index contributed by atoms with van der Waals surface area (Å²) in [5, 5.41) is 13.5. The standard InChI is InChI=1S/C36H30F3N7O/c1-2-25-28(37)7-4-21-12-22(41)13-26(30(21)25)31-29(38)14-27-33(32(31)39)43-35(44-34(27)45-17-23-5-6-24(18-45)42-23)47-19-36-9-3-11-46(36)16-20(15-36)8-10-40/h1,4-8,12-14,23-24,42H,3,9,11,15-19,41H2/b20-8-/t23?,24?,36-/m0/s1. The van der Waals surface area contributed by atoms with Gasteiger partial charge in [0, 0.05) is 54.3 Å². The fourth-order valence-electron chi connectivity index (χ4n) is 7.88. The first-order valence-corrected chi connectivity index (χ1v) is 15.6. The number of anilines is 2. The summed E-state index contributed by atoms with van der Waals surface area (Å²) >= 11 is 0. The maximum absolute atomic E-state index is 16.9. The van der Waals surface area contributed by atoms with Crippen molar-refractivity contribution in [1.82, 2.24) is 20.2 Å². The highest BCUT2D eigenvalue weighted by atomic mass is 19.1. The lowest BCUT2D eigenvalue weighted by Gasteiger charge is -2.35. The maximum atomic E-state index is 16.9. The van der Waals surface area contributed by atoms with E-state index in [1.165, 1.54) is 24.3 Å². The zero-order chi connectivity index (χ0) is 32.4. The number of allylic oxidation sites excluding steroid dienone is 1. The summed E-state index contributed by atoms with van der Waals surface area (Å²) in [7, 11) is 0. The molecule has 0 saturated carbocycles. The zero-order valence-corrected chi connectivity index (χ0v) is 25.4. The van der Waals surface area contributed by atoms with E-state index in [0.717, 1.165) is 25.0 Å². The summed E-state index contributed by atoms with van der Waals surface area (Å²) in [6.45, 7) is 2.90. The molecule has 236 valence electrons. The highest BCUT2D eigenvalue weighted by Gasteiger charge is 2.47. The van der Waals surface area contributed by atoms with Gasteiger partial charge in [-0.25, -0.2) is 13.2 Å². The fraction of sp³-hybridized carbons (Fsp3) is 0.306. The van der Waals surface area contributed by atoms with Crippen LogP contribution in [-0.2, 0) is 0 Å². The Kier molecular flexibility index (Phi) is 6.87. The number of nitrogens with two attached hydrogens (primary N) is 1. The van der Waals surface area contributed by atoms with Crippen LogP contribution in [0.5, 0.6) is 6.01 Å². The van der Waals surface area contributed by atoms with Gasteiger partial charge in [-0.05, 0) is 66.6 Å². The van der Waals surface area contributed by atoms with Crippen LogP contribution in [0.3, 0.4) is 0 Å². The number of piperazine rings is 1. The first-order chi connectivity index (χ1) is 22.8. The van der Waals surface area contributed by atoms with Gasteiger partial charge in [0.2, 0.25) is 0 Å². The minimum Gasteiger partial charge on any atom is -0.461 e. The number of halogens is 3. The molecule has 0 aliphatic carbocycles. The smallest absolute Gasteiger partial charge is 0.319 e. The molecule has 11 heteroatoms. The Labute approximate surface area is 269 Å². The Balaban J connectivity index is 1.29. The van der Waals surface area contributed by atoms with Gasteiger partial charge >= 0.3 is 6.01 Å². The molecule has 4 aliphatic heterocycles. The average Bonchev–Trinajstić information content (AvgIpc) is 3.71. The summed E-state index contributed by atoms with van der Waals surface area (Å²) in [4.78, 5) is 13.6. The Morgan fingerprint density at radius 2 is 1.94 bits per heavy atom. The quantitative estimate of drug-likeness (QED) is 0.134. The number of hydrogen-bond acceptors (Lipinski definition) is 8. The van der Waals surface area contributed by atoms with Crippen LogP contribution in [0.15, 0.2) is 54.1 Å². The molecule has 2 bridgehead atoms. The van der Waals surface area contributed by atoms with E-state index in [-0.39, 0.29) is 63.3 Å². The highest BCUT2D eigenvalue weighted by Crippen LogP contribution is 2.43. The van der Waals surface area contributed by atoms with Crippen molar-refractivity contribution in [2.75, 3.05) is 43.4 Å². The van der Waals surface area contributed by atoms with E-state index in [4.69, 9.17) is 21.9 Å². The normalized spacial score (nSPS) is 24.3. The van der Waals surface area contributed by atoms with Crippen molar-refractivity contribution in [2.45, 2.75) is 36.9 Å². The Morgan fingerprint density at radius 3 is 2.70 bits per heavy atom. The van der Waals surface area contributed by atoms with Crippen molar-refractivity contribution in [1.29, 1.82) is 5.26 Å². The number of aromatic nitrogens is 2. The number of fused-ring (bicyclic) bond motifs is 5.